The van der Waals surface area contributed by atoms with Gasteiger partial charge in [-0.2, -0.15) is 0 Å². The smallest absolute Gasteiger partial charge is 0.226 e. The first-order valence-corrected chi connectivity index (χ1v) is 13.1. The van der Waals surface area contributed by atoms with E-state index in [0.717, 1.165) is 25.7 Å². The van der Waals surface area contributed by atoms with Gasteiger partial charge in [0.05, 0.1) is 6.57 Å². The van der Waals surface area contributed by atoms with Crippen LogP contribution in [0.2, 0.25) is 0 Å². The molecule has 5 aliphatic rings. The van der Waals surface area contributed by atoms with E-state index in [1.165, 1.54) is 24.8 Å². The largest absolute Gasteiger partial charge is 0.307 e. The second-order valence-electron chi connectivity index (χ2n) is 14.1. The van der Waals surface area contributed by atoms with Crippen LogP contribution in [-0.2, 0) is 9.59 Å². The van der Waals surface area contributed by atoms with Crippen LogP contribution in [0.1, 0.15) is 93.4 Å². The molecule has 5 aliphatic carbocycles. The van der Waals surface area contributed by atoms with Gasteiger partial charge in [-0.25, -0.2) is 4.85 Å². The molecule has 3 fully saturated rings. The summed E-state index contributed by atoms with van der Waals surface area (Å²) in [4.78, 5) is 30.8. The molecule has 0 N–H and O–H groups in total. The highest BCUT2D eigenvalue weighted by Crippen LogP contribution is 2.73. The van der Waals surface area contributed by atoms with Crippen LogP contribution in [0.3, 0.4) is 0 Å². The minimum Gasteiger partial charge on any atom is -0.307 e. The molecule has 0 aromatic rings. The summed E-state index contributed by atoms with van der Waals surface area (Å²) < 4.78 is 0. The first-order chi connectivity index (χ1) is 15.2. The summed E-state index contributed by atoms with van der Waals surface area (Å²) in [5.41, 5.74) is 0.646. The van der Waals surface area contributed by atoms with Gasteiger partial charge in [0.1, 0.15) is 0 Å². The second-order valence-corrected chi connectivity index (χ2v) is 14.1. The van der Waals surface area contributed by atoms with Gasteiger partial charge in [0.15, 0.2) is 11.6 Å². The van der Waals surface area contributed by atoms with Crippen LogP contribution in [0.4, 0.5) is 0 Å². The lowest BCUT2D eigenvalue weighted by molar-refractivity contribution is -0.155. The number of carbonyl (C=O) groups excluding carboxylic acids is 2. The summed E-state index contributed by atoms with van der Waals surface area (Å²) in [5.74, 6) is 1.70. The van der Waals surface area contributed by atoms with Gasteiger partial charge >= 0.3 is 0 Å². The van der Waals surface area contributed by atoms with Crippen molar-refractivity contribution in [3.8, 4) is 0 Å². The fourth-order valence-corrected chi connectivity index (χ4v) is 9.70. The lowest BCUT2D eigenvalue weighted by Gasteiger charge is -2.67. The van der Waals surface area contributed by atoms with Crippen molar-refractivity contribution in [2.24, 2.45) is 50.7 Å². The Morgan fingerprint density at radius 3 is 2.27 bits per heavy atom. The molecule has 0 heterocycles. The molecule has 178 valence electrons. The zero-order valence-corrected chi connectivity index (χ0v) is 21.7. The summed E-state index contributed by atoms with van der Waals surface area (Å²) in [5, 5.41) is 0. The van der Waals surface area contributed by atoms with Crippen molar-refractivity contribution in [2.75, 3.05) is 0 Å². The van der Waals surface area contributed by atoms with Crippen LogP contribution in [0.15, 0.2) is 23.4 Å². The molecule has 0 aromatic carbocycles. The third-order valence-electron chi connectivity index (χ3n) is 11.7. The van der Waals surface area contributed by atoms with Gasteiger partial charge in [-0.3, -0.25) is 4.79 Å². The molecule has 5 rings (SSSR count). The molecule has 3 saturated carbocycles. The predicted octanol–water partition coefficient (Wildman–Crippen LogP) is 7.19. The number of rotatable bonds is 0. The van der Waals surface area contributed by atoms with Crippen molar-refractivity contribution in [2.45, 2.75) is 93.4 Å². The highest BCUT2D eigenvalue weighted by molar-refractivity contribution is 6.03. The van der Waals surface area contributed by atoms with Gasteiger partial charge in [-0.15, -0.1) is 0 Å². The average molecular weight is 448 g/mol. The molecule has 3 heteroatoms. The van der Waals surface area contributed by atoms with Crippen molar-refractivity contribution in [3.05, 3.63) is 34.8 Å². The van der Waals surface area contributed by atoms with E-state index < -0.39 is 10.8 Å². The topological polar surface area (TPSA) is 38.5 Å². The number of carbonyl (C=O) groups is 2. The van der Waals surface area contributed by atoms with Gasteiger partial charge in [-0.05, 0) is 85.0 Å². The Labute approximate surface area is 200 Å². The van der Waals surface area contributed by atoms with E-state index in [1.807, 2.05) is 26.0 Å². The lowest BCUT2D eigenvalue weighted by Crippen LogP contribution is -2.63. The number of hydrogen-bond donors (Lipinski definition) is 0. The maximum atomic E-state index is 14.1. The van der Waals surface area contributed by atoms with E-state index in [9.17, 15) is 9.59 Å². The summed E-state index contributed by atoms with van der Waals surface area (Å²) >= 11 is 0. The zero-order valence-electron chi connectivity index (χ0n) is 21.7. The molecule has 0 amide bonds. The third-order valence-corrected chi connectivity index (χ3v) is 11.7. The molecule has 3 nitrogen and oxygen atoms in total. The molecule has 0 bridgehead atoms. The van der Waals surface area contributed by atoms with Gasteiger partial charge < -0.3 is 4.79 Å². The Bertz CT molecular complexity index is 1040. The number of hydrogen-bond acceptors (Lipinski definition) is 2. The first kappa shape index (κ1) is 23.1. The summed E-state index contributed by atoms with van der Waals surface area (Å²) in [6.07, 6.45) is 12.0. The van der Waals surface area contributed by atoms with E-state index in [-0.39, 0.29) is 34.1 Å². The normalized spacial score (nSPS) is 47.7. The van der Waals surface area contributed by atoms with E-state index in [2.05, 4.69) is 39.5 Å². The number of fused-ring (bicyclic) bond motifs is 7. The Morgan fingerprint density at radius 2 is 1.61 bits per heavy atom. The van der Waals surface area contributed by atoms with Crippen LogP contribution >= 0.6 is 0 Å². The fraction of sp³-hybridized carbons (Fsp3) is 0.767. The molecule has 0 saturated heterocycles. The van der Waals surface area contributed by atoms with Crippen LogP contribution < -0.4 is 0 Å². The van der Waals surface area contributed by atoms with Gasteiger partial charge in [0, 0.05) is 16.7 Å². The molecule has 0 aromatic heterocycles. The minimum absolute atomic E-state index is 0.0275. The maximum absolute atomic E-state index is 14.1. The molecular weight excluding hydrogens is 406 g/mol. The Balaban J connectivity index is 1.68. The maximum Gasteiger partial charge on any atom is 0.226 e. The van der Waals surface area contributed by atoms with Crippen LogP contribution in [0.25, 0.3) is 4.85 Å². The van der Waals surface area contributed by atoms with Gasteiger partial charge in [-0.1, -0.05) is 60.1 Å². The zero-order chi connectivity index (χ0) is 24.2. The SMILES string of the molecule is [C-]#[N+]C1=C[C@]2(C)C3=CC(=O)C4C5CC(C)(C)CCC5CC[C@@]4(C)[C@]3(C)CC[C@H]2C(C)(C)C1=O. The van der Waals surface area contributed by atoms with Crippen molar-refractivity contribution >= 4 is 11.6 Å². The Morgan fingerprint density at radius 1 is 0.939 bits per heavy atom. The molecule has 0 radical (unpaired) electrons. The molecule has 0 aliphatic heterocycles. The molecule has 0 spiro atoms. The van der Waals surface area contributed by atoms with E-state index in [4.69, 9.17) is 6.57 Å². The van der Waals surface area contributed by atoms with Gasteiger partial charge in [0.2, 0.25) is 5.70 Å². The van der Waals surface area contributed by atoms with Crippen molar-refractivity contribution < 1.29 is 9.59 Å². The number of Topliss-reactive ketones (excluding diaryl/α,β-unsaturated/α-hetero) is 1. The van der Waals surface area contributed by atoms with Crippen molar-refractivity contribution in [1.82, 2.24) is 0 Å². The summed E-state index contributed by atoms with van der Waals surface area (Å²) in [6, 6.07) is 0. The van der Waals surface area contributed by atoms with Crippen LogP contribution in [-0.4, -0.2) is 11.6 Å². The average Bonchev–Trinajstić information content (AvgIpc) is 2.72. The molecule has 7 atom stereocenters. The fourth-order valence-electron chi connectivity index (χ4n) is 9.70. The molecular formula is C30H41NO2. The van der Waals surface area contributed by atoms with E-state index in [1.54, 1.807) is 0 Å². The van der Waals surface area contributed by atoms with Crippen LogP contribution in [0, 0.1) is 57.3 Å². The highest BCUT2D eigenvalue weighted by atomic mass is 16.1. The summed E-state index contributed by atoms with van der Waals surface area (Å²) in [6.45, 7) is 23.5. The van der Waals surface area contributed by atoms with Crippen molar-refractivity contribution in [1.29, 1.82) is 0 Å². The van der Waals surface area contributed by atoms with Crippen LogP contribution in [0.5, 0.6) is 0 Å². The molecule has 33 heavy (non-hydrogen) atoms. The number of allylic oxidation sites excluding steroid dienone is 4. The standard InChI is InChI=1S/C30H41NO2/c1-26(2)12-9-18-10-13-30(7)24(19(18)16-26)21(32)15-23-28(5)17-20(31-8)25(33)27(3,4)22(28)11-14-29(23,30)6/h15,17-19,22,24H,9-14,16H2,1-7H3/t18?,19?,22-,24?,28-,29+,30+/m0/s1. The highest BCUT2D eigenvalue weighted by Gasteiger charge is 2.67. The summed E-state index contributed by atoms with van der Waals surface area (Å²) in [7, 11) is 0. The lowest BCUT2D eigenvalue weighted by atomic mass is 9.36. The van der Waals surface area contributed by atoms with Gasteiger partial charge in [0.25, 0.3) is 0 Å². The first-order valence-electron chi connectivity index (χ1n) is 13.1. The Hall–Kier alpha value is -1.69. The second kappa shape index (κ2) is 6.71. The number of nitrogens with zero attached hydrogens (tertiary/aromatic N) is 1. The van der Waals surface area contributed by atoms with Crippen molar-refractivity contribution in [3.63, 3.8) is 0 Å². The third kappa shape index (κ3) is 2.79. The molecule has 3 unspecified atom stereocenters. The minimum atomic E-state index is -0.586. The van der Waals surface area contributed by atoms with E-state index in [0.29, 0.717) is 23.0 Å². The quantitative estimate of drug-likeness (QED) is 0.369. The van der Waals surface area contributed by atoms with E-state index >= 15 is 0 Å². The predicted molar refractivity (Wildman–Crippen MR) is 131 cm³/mol. The number of ketones is 2. The monoisotopic (exact) mass is 447 g/mol. The Kier molecular flexibility index (Phi) is 4.69.